The maximum atomic E-state index is 12.3. The first-order chi connectivity index (χ1) is 20.5. The van der Waals surface area contributed by atoms with Gasteiger partial charge in [0.1, 0.15) is 11.5 Å². The van der Waals surface area contributed by atoms with Crippen LogP contribution in [0.25, 0.3) is 0 Å². The zero-order chi connectivity index (χ0) is 33.3. The molecule has 0 bridgehead atoms. The van der Waals surface area contributed by atoms with Crippen molar-refractivity contribution in [2.24, 2.45) is 0 Å². The molecule has 0 unspecified atom stereocenters. The lowest BCUT2D eigenvalue weighted by molar-refractivity contribution is 0.0905. The SMILES string of the molecule is C=CCOCc1c(OC)cccc1C(=O)NNC(C)(C)C.C=CCOCc1c(OC)cccc1C(C)=O.CNNCl.ClCl. The largest absolute Gasteiger partial charge is 0.496 e. The van der Waals surface area contributed by atoms with Gasteiger partial charge in [-0.05, 0) is 64.7 Å². The summed E-state index contributed by atoms with van der Waals surface area (Å²) in [5, 5.41) is 0. The highest BCUT2D eigenvalue weighted by Crippen LogP contribution is 2.24. The van der Waals surface area contributed by atoms with Gasteiger partial charge in [0.05, 0.1) is 40.6 Å². The monoisotopic (exact) mass is 662 g/mol. The average molecular weight is 664 g/mol. The van der Waals surface area contributed by atoms with Crippen LogP contribution in [-0.2, 0) is 22.7 Å². The first kappa shape index (κ1) is 42.5. The number of carbonyl (C=O) groups excluding carboxylic acids is 2. The Morgan fingerprint density at radius 2 is 1.28 bits per heavy atom. The van der Waals surface area contributed by atoms with E-state index in [1.54, 1.807) is 63.8 Å². The average Bonchev–Trinajstić information content (AvgIpc) is 3.01. The van der Waals surface area contributed by atoms with E-state index in [0.717, 1.165) is 11.1 Å². The Bertz CT molecular complexity index is 1100. The predicted molar refractivity (Wildman–Crippen MR) is 176 cm³/mol. The summed E-state index contributed by atoms with van der Waals surface area (Å²) in [5.41, 5.74) is 10.6. The summed E-state index contributed by atoms with van der Waals surface area (Å²) in [6.07, 6.45) is 3.33. The summed E-state index contributed by atoms with van der Waals surface area (Å²) in [5.74, 6) is 1.09. The molecule has 10 nitrogen and oxygen atoms in total. The lowest BCUT2D eigenvalue weighted by Gasteiger charge is -2.22. The Balaban J connectivity index is 0. The molecule has 0 fully saturated rings. The maximum Gasteiger partial charge on any atom is 0.265 e. The van der Waals surface area contributed by atoms with E-state index < -0.39 is 0 Å². The second kappa shape index (κ2) is 25.8. The number of ether oxygens (including phenoxy) is 4. The fraction of sp³-hybridized carbons (Fsp3) is 0.400. The molecular formula is C30H45Cl3N4O6. The van der Waals surface area contributed by atoms with Gasteiger partial charge in [-0.25, -0.2) is 10.9 Å². The first-order valence-electron chi connectivity index (χ1n) is 12.9. The summed E-state index contributed by atoms with van der Waals surface area (Å²) < 4.78 is 21.3. The van der Waals surface area contributed by atoms with Crippen molar-refractivity contribution >= 4 is 45.2 Å². The molecule has 1 amide bonds. The van der Waals surface area contributed by atoms with E-state index in [9.17, 15) is 9.59 Å². The topological polar surface area (TPSA) is 119 Å². The molecule has 4 N–H and O–H groups in total. The third-order valence-electron chi connectivity index (χ3n) is 4.94. The van der Waals surface area contributed by atoms with Crippen molar-refractivity contribution in [1.29, 1.82) is 0 Å². The van der Waals surface area contributed by atoms with Crippen molar-refractivity contribution in [3.63, 3.8) is 0 Å². The standard InChI is InChI=1S/C16H24N2O3.C13H16O3.CH5ClN2.Cl2/c1-6-10-21-11-13-12(8-7-9-14(13)20-5)15(19)17-18-16(2,3)4;1-4-8-16-9-12-11(10(2)14)6-5-7-13(12)15-3;1-3-4-2;1-2/h6-9,18H,1,10-11H2,2-5H3,(H,17,19);4-7H,1,8-9H2,2-3H3;3-4H,1H3;. The molecule has 0 atom stereocenters. The van der Waals surface area contributed by atoms with E-state index in [1.165, 1.54) is 6.92 Å². The Morgan fingerprint density at radius 3 is 1.63 bits per heavy atom. The van der Waals surface area contributed by atoms with Crippen LogP contribution in [0.5, 0.6) is 11.5 Å². The van der Waals surface area contributed by atoms with Gasteiger partial charge in [0.25, 0.3) is 5.91 Å². The van der Waals surface area contributed by atoms with Crippen LogP contribution < -0.4 is 30.7 Å². The normalized spacial score (nSPS) is 9.91. The summed E-state index contributed by atoms with van der Waals surface area (Å²) in [6.45, 7) is 16.1. The van der Waals surface area contributed by atoms with E-state index in [2.05, 4.69) is 56.1 Å². The van der Waals surface area contributed by atoms with E-state index in [-0.39, 0.29) is 23.8 Å². The zero-order valence-corrected chi connectivity index (χ0v) is 28.2. The molecule has 43 heavy (non-hydrogen) atoms. The highest BCUT2D eigenvalue weighted by atomic mass is 36.5. The van der Waals surface area contributed by atoms with E-state index in [1.807, 2.05) is 26.8 Å². The molecule has 0 radical (unpaired) electrons. The molecule has 0 spiro atoms. The van der Waals surface area contributed by atoms with Crippen molar-refractivity contribution < 1.29 is 28.5 Å². The van der Waals surface area contributed by atoms with Crippen molar-refractivity contribution in [2.45, 2.75) is 46.4 Å². The minimum Gasteiger partial charge on any atom is -0.496 e. The Kier molecular flexibility index (Phi) is 25.5. The molecule has 242 valence electrons. The zero-order valence-electron chi connectivity index (χ0n) is 25.9. The number of hydrogen-bond acceptors (Lipinski definition) is 9. The fourth-order valence-electron chi connectivity index (χ4n) is 3.15. The minimum atomic E-state index is -0.221. The third-order valence-corrected chi connectivity index (χ3v) is 5.13. The van der Waals surface area contributed by atoms with Gasteiger partial charge >= 0.3 is 0 Å². The first-order valence-corrected chi connectivity index (χ1v) is 14.5. The molecule has 0 aliphatic rings. The van der Waals surface area contributed by atoms with E-state index >= 15 is 0 Å². The number of amides is 1. The molecule has 2 rings (SSSR count). The molecule has 0 aromatic heterocycles. The molecule has 13 heteroatoms. The number of Topliss-reactive ketones (excluding diaryl/α,β-unsaturated/α-hetero) is 1. The summed E-state index contributed by atoms with van der Waals surface area (Å²) in [6, 6.07) is 10.7. The van der Waals surface area contributed by atoms with Gasteiger partial charge in [0.2, 0.25) is 0 Å². The summed E-state index contributed by atoms with van der Waals surface area (Å²) in [4.78, 5) is 25.9. The molecule has 0 heterocycles. The number of hydrazine groups is 2. The van der Waals surface area contributed by atoms with E-state index in [0.29, 0.717) is 42.4 Å². The third kappa shape index (κ3) is 18.6. The Labute approximate surface area is 270 Å². The van der Waals surface area contributed by atoms with E-state index in [4.69, 9.17) is 30.7 Å². The molecule has 0 aliphatic carbocycles. The highest BCUT2D eigenvalue weighted by molar-refractivity contribution is 6.85. The van der Waals surface area contributed by atoms with Gasteiger partial charge in [0, 0.05) is 49.5 Å². The number of nitrogens with one attached hydrogen (secondary N) is 4. The number of ketones is 1. The second-order valence-electron chi connectivity index (χ2n) is 9.31. The number of halogens is 3. The van der Waals surface area contributed by atoms with Gasteiger partial charge < -0.3 is 18.9 Å². The lowest BCUT2D eigenvalue weighted by atomic mass is 10.0. The van der Waals surface area contributed by atoms with Gasteiger partial charge in [-0.15, -0.1) is 13.2 Å². The molecule has 2 aromatic rings. The smallest absolute Gasteiger partial charge is 0.265 e. The van der Waals surface area contributed by atoms with Crippen LogP contribution in [0.1, 0.15) is 59.5 Å². The number of methoxy groups -OCH3 is 2. The molecule has 0 aliphatic heterocycles. The van der Waals surface area contributed by atoms with Gasteiger partial charge in [0.15, 0.2) is 5.78 Å². The van der Waals surface area contributed by atoms with Crippen LogP contribution in [0.2, 0.25) is 0 Å². The summed E-state index contributed by atoms with van der Waals surface area (Å²) in [7, 11) is 13.1. The van der Waals surface area contributed by atoms with Crippen LogP contribution in [0, 0.1) is 0 Å². The van der Waals surface area contributed by atoms with Crippen LogP contribution in [0.15, 0.2) is 61.7 Å². The Morgan fingerprint density at radius 1 is 0.860 bits per heavy atom. The maximum absolute atomic E-state index is 12.3. The van der Waals surface area contributed by atoms with Crippen LogP contribution >= 0.6 is 33.5 Å². The lowest BCUT2D eigenvalue weighted by Crippen LogP contribution is -2.48. The predicted octanol–water partition coefficient (Wildman–Crippen LogP) is 6.27. The van der Waals surface area contributed by atoms with Crippen molar-refractivity contribution in [2.75, 3.05) is 34.5 Å². The molecule has 2 aromatic carbocycles. The summed E-state index contributed by atoms with van der Waals surface area (Å²) >= 11 is 4.82. The second-order valence-corrected chi connectivity index (χ2v) is 9.50. The Hall–Kier alpha value is -2.67. The van der Waals surface area contributed by atoms with Crippen LogP contribution in [-0.4, -0.2) is 51.7 Å². The minimum absolute atomic E-state index is 0.0103. The van der Waals surface area contributed by atoms with Crippen molar-refractivity contribution in [1.82, 2.24) is 21.2 Å². The number of rotatable bonds is 14. The number of benzene rings is 2. The van der Waals surface area contributed by atoms with Gasteiger partial charge in [-0.2, -0.15) is 4.94 Å². The van der Waals surface area contributed by atoms with Gasteiger partial charge in [-0.1, -0.05) is 30.4 Å². The van der Waals surface area contributed by atoms with Crippen molar-refractivity contribution in [3.8, 4) is 11.5 Å². The van der Waals surface area contributed by atoms with Crippen LogP contribution in [0.3, 0.4) is 0 Å². The van der Waals surface area contributed by atoms with Gasteiger partial charge in [-0.3, -0.25) is 15.0 Å². The number of hydrogen-bond donors (Lipinski definition) is 4. The van der Waals surface area contributed by atoms with Crippen LogP contribution in [0.4, 0.5) is 0 Å². The molecule has 0 saturated carbocycles. The fourth-order valence-corrected chi connectivity index (χ4v) is 3.15. The molecule has 0 saturated heterocycles. The number of carbonyl (C=O) groups is 2. The highest BCUT2D eigenvalue weighted by Gasteiger charge is 2.18. The molecular weight excluding hydrogens is 619 g/mol. The quantitative estimate of drug-likeness (QED) is 0.0609. The van der Waals surface area contributed by atoms with Crippen molar-refractivity contribution in [3.05, 3.63) is 84.0 Å².